The molecule has 1 fully saturated rings. The van der Waals surface area contributed by atoms with Crippen LogP contribution in [-0.4, -0.2) is 24.5 Å². The van der Waals surface area contributed by atoms with Gasteiger partial charge in [0.25, 0.3) is 0 Å². The summed E-state index contributed by atoms with van der Waals surface area (Å²) in [6.07, 6.45) is 3.43. The van der Waals surface area contributed by atoms with Crippen LogP contribution in [0.15, 0.2) is 78.9 Å². The maximum absolute atomic E-state index is 6.22. The highest BCUT2D eigenvalue weighted by molar-refractivity contribution is 5.85. The lowest BCUT2D eigenvalue weighted by molar-refractivity contribution is 0.173. The highest BCUT2D eigenvalue weighted by Gasteiger charge is 2.43. The van der Waals surface area contributed by atoms with Crippen molar-refractivity contribution in [3.8, 4) is 11.5 Å². The summed E-state index contributed by atoms with van der Waals surface area (Å²) < 4.78 is 6.22. The van der Waals surface area contributed by atoms with Crippen LogP contribution in [0.25, 0.3) is 0 Å². The van der Waals surface area contributed by atoms with E-state index in [0.29, 0.717) is 0 Å². The Morgan fingerprint density at radius 1 is 0.714 bits per heavy atom. The lowest BCUT2D eigenvalue weighted by Crippen LogP contribution is -2.45. The molecule has 0 amide bonds. The first kappa shape index (κ1) is 19.0. The van der Waals surface area contributed by atoms with Gasteiger partial charge in [0.15, 0.2) is 0 Å². The van der Waals surface area contributed by atoms with Crippen LogP contribution in [-0.2, 0) is 11.8 Å². The highest BCUT2D eigenvalue weighted by Crippen LogP contribution is 2.52. The number of fused-ring (bicyclic) bond motifs is 4. The van der Waals surface area contributed by atoms with Gasteiger partial charge in [0.1, 0.15) is 11.5 Å². The first-order valence-corrected chi connectivity index (χ1v) is 9.98. The Balaban J connectivity index is 0.00000192. The molecule has 0 bridgehead atoms. The molecule has 0 unspecified atom stereocenters. The minimum atomic E-state index is 0. The molecular formula is C25H26ClNO. The van der Waals surface area contributed by atoms with Gasteiger partial charge in [-0.3, -0.25) is 0 Å². The van der Waals surface area contributed by atoms with Crippen LogP contribution < -0.4 is 4.74 Å². The predicted octanol–water partition coefficient (Wildman–Crippen LogP) is 5.84. The molecule has 28 heavy (non-hydrogen) atoms. The molecular weight excluding hydrogens is 366 g/mol. The van der Waals surface area contributed by atoms with Gasteiger partial charge in [-0.2, -0.15) is 0 Å². The normalized spacial score (nSPS) is 17.1. The maximum atomic E-state index is 6.22. The molecule has 0 radical (unpaired) electrons. The molecule has 0 saturated carbocycles. The topological polar surface area (TPSA) is 12.5 Å². The van der Waals surface area contributed by atoms with E-state index in [1.54, 1.807) is 0 Å². The monoisotopic (exact) mass is 391 g/mol. The third-order valence-electron chi connectivity index (χ3n) is 6.29. The zero-order valence-electron chi connectivity index (χ0n) is 16.0. The van der Waals surface area contributed by atoms with E-state index in [9.17, 15) is 0 Å². The Labute approximate surface area is 173 Å². The first-order chi connectivity index (χ1) is 13.4. The van der Waals surface area contributed by atoms with Gasteiger partial charge in [0, 0.05) is 23.1 Å². The molecule has 2 nitrogen and oxygen atoms in total. The highest BCUT2D eigenvalue weighted by atomic mass is 35.5. The zero-order valence-corrected chi connectivity index (χ0v) is 16.8. The lowest BCUT2D eigenvalue weighted by atomic mass is 9.66. The lowest BCUT2D eigenvalue weighted by Gasteiger charge is -2.46. The second-order valence-electron chi connectivity index (χ2n) is 7.75. The van der Waals surface area contributed by atoms with Crippen molar-refractivity contribution in [3.05, 3.63) is 95.6 Å². The number of para-hydroxylation sites is 2. The Morgan fingerprint density at radius 2 is 1.25 bits per heavy atom. The van der Waals surface area contributed by atoms with Crippen molar-refractivity contribution in [1.29, 1.82) is 0 Å². The molecule has 3 heteroatoms. The van der Waals surface area contributed by atoms with Crippen LogP contribution in [0.5, 0.6) is 11.5 Å². The van der Waals surface area contributed by atoms with Gasteiger partial charge >= 0.3 is 0 Å². The fourth-order valence-electron chi connectivity index (χ4n) is 4.79. The average molecular weight is 392 g/mol. The molecule has 3 aromatic carbocycles. The van der Waals surface area contributed by atoms with Gasteiger partial charge in [0.05, 0.1) is 0 Å². The molecule has 0 N–H and O–H groups in total. The summed E-state index contributed by atoms with van der Waals surface area (Å²) in [6, 6.07) is 28.1. The van der Waals surface area contributed by atoms with Crippen molar-refractivity contribution < 1.29 is 4.74 Å². The van der Waals surface area contributed by atoms with Gasteiger partial charge in [-0.15, -0.1) is 12.4 Å². The van der Waals surface area contributed by atoms with Crippen LogP contribution in [0.1, 0.15) is 29.5 Å². The number of hydrogen-bond donors (Lipinski definition) is 0. The molecule has 2 heterocycles. The van der Waals surface area contributed by atoms with Crippen LogP contribution >= 0.6 is 12.4 Å². The molecule has 1 saturated heterocycles. The molecule has 0 aliphatic carbocycles. The maximum Gasteiger partial charge on any atom is 0.131 e. The number of hydrogen-bond acceptors (Lipinski definition) is 2. The van der Waals surface area contributed by atoms with Gasteiger partial charge < -0.3 is 9.64 Å². The largest absolute Gasteiger partial charge is 0.457 e. The van der Waals surface area contributed by atoms with Crippen molar-refractivity contribution in [2.75, 3.05) is 19.6 Å². The minimum Gasteiger partial charge on any atom is -0.457 e. The zero-order chi connectivity index (χ0) is 18.1. The number of likely N-dealkylation sites (tertiary alicyclic amines) is 1. The molecule has 3 aromatic rings. The van der Waals surface area contributed by atoms with E-state index in [-0.39, 0.29) is 17.8 Å². The second kappa shape index (κ2) is 7.98. The van der Waals surface area contributed by atoms with Crippen LogP contribution in [0.4, 0.5) is 0 Å². The Bertz CT molecular complexity index is 885. The third kappa shape index (κ3) is 3.32. The molecule has 1 spiro atoms. The number of piperidine rings is 1. The molecule has 2 aliphatic rings. The van der Waals surface area contributed by atoms with Gasteiger partial charge in [-0.1, -0.05) is 66.7 Å². The fraction of sp³-hybridized carbons (Fsp3) is 0.280. The summed E-state index contributed by atoms with van der Waals surface area (Å²) in [6.45, 7) is 3.41. The molecule has 5 rings (SSSR count). The molecule has 144 valence electrons. The molecule has 0 atom stereocenters. The number of halogens is 1. The fourth-order valence-corrected chi connectivity index (χ4v) is 4.79. The second-order valence-corrected chi connectivity index (χ2v) is 7.75. The van der Waals surface area contributed by atoms with E-state index >= 15 is 0 Å². The molecule has 2 aliphatic heterocycles. The van der Waals surface area contributed by atoms with E-state index in [4.69, 9.17) is 4.74 Å². The van der Waals surface area contributed by atoms with Crippen molar-refractivity contribution >= 4 is 12.4 Å². The smallest absolute Gasteiger partial charge is 0.131 e. The van der Waals surface area contributed by atoms with Crippen molar-refractivity contribution in [3.63, 3.8) is 0 Å². The van der Waals surface area contributed by atoms with Gasteiger partial charge in [0.2, 0.25) is 0 Å². The van der Waals surface area contributed by atoms with Gasteiger partial charge in [-0.05, 0) is 50.0 Å². The standard InChI is InChI=1S/C25H25NO.ClH/c1-2-8-20(9-3-1)14-17-26-18-15-25(16-19-26)21-10-4-6-12-23(21)27-24-13-7-5-11-22(24)25;/h1-13H,14-19H2;1H. The summed E-state index contributed by atoms with van der Waals surface area (Å²) in [5.41, 5.74) is 4.26. The van der Waals surface area contributed by atoms with Crippen LogP contribution in [0.3, 0.4) is 0 Å². The summed E-state index contributed by atoms with van der Waals surface area (Å²) in [5, 5.41) is 0. The Kier molecular flexibility index (Phi) is 5.43. The summed E-state index contributed by atoms with van der Waals surface area (Å²) >= 11 is 0. The van der Waals surface area contributed by atoms with E-state index in [0.717, 1.165) is 50.4 Å². The number of rotatable bonds is 3. The minimum absolute atomic E-state index is 0. The Morgan fingerprint density at radius 3 is 1.86 bits per heavy atom. The van der Waals surface area contributed by atoms with Crippen LogP contribution in [0.2, 0.25) is 0 Å². The summed E-state index contributed by atoms with van der Waals surface area (Å²) in [7, 11) is 0. The van der Waals surface area contributed by atoms with E-state index in [2.05, 4.69) is 83.8 Å². The third-order valence-corrected chi connectivity index (χ3v) is 6.29. The first-order valence-electron chi connectivity index (χ1n) is 9.98. The van der Waals surface area contributed by atoms with Crippen molar-refractivity contribution in [1.82, 2.24) is 4.90 Å². The van der Waals surface area contributed by atoms with E-state index < -0.39 is 0 Å². The van der Waals surface area contributed by atoms with Crippen molar-refractivity contribution in [2.45, 2.75) is 24.7 Å². The number of nitrogens with zero attached hydrogens (tertiary/aromatic N) is 1. The number of ether oxygens (including phenoxy) is 1. The average Bonchev–Trinajstić information content (AvgIpc) is 2.74. The number of benzene rings is 3. The quantitative estimate of drug-likeness (QED) is 0.556. The van der Waals surface area contributed by atoms with Gasteiger partial charge in [-0.25, -0.2) is 0 Å². The molecule has 0 aromatic heterocycles. The summed E-state index contributed by atoms with van der Waals surface area (Å²) in [4.78, 5) is 2.62. The van der Waals surface area contributed by atoms with E-state index in [1.165, 1.54) is 16.7 Å². The van der Waals surface area contributed by atoms with E-state index in [1.807, 2.05) is 0 Å². The van der Waals surface area contributed by atoms with Crippen LogP contribution in [0, 0.1) is 0 Å². The Hall–Kier alpha value is -2.29. The summed E-state index contributed by atoms with van der Waals surface area (Å²) in [5.74, 6) is 2.07. The predicted molar refractivity (Wildman–Crippen MR) is 117 cm³/mol. The van der Waals surface area contributed by atoms with Crippen molar-refractivity contribution in [2.24, 2.45) is 0 Å². The SMILES string of the molecule is Cl.c1ccc(CCN2CCC3(CC2)c2ccccc2Oc2ccccc23)cc1.